The maximum absolute atomic E-state index is 13.5. The van der Waals surface area contributed by atoms with Crippen molar-refractivity contribution in [3.05, 3.63) is 28.0 Å². The fourth-order valence-electron chi connectivity index (χ4n) is 0.993. The molecule has 17 heavy (non-hydrogen) atoms. The first-order valence-corrected chi connectivity index (χ1v) is 5.40. The van der Waals surface area contributed by atoms with Gasteiger partial charge in [0.25, 0.3) is 0 Å². The maximum Gasteiger partial charge on any atom is 0.422 e. The lowest BCUT2D eigenvalue weighted by atomic mass is 10.2. The Morgan fingerprint density at radius 3 is 2.47 bits per heavy atom. The normalized spacial score (nSPS) is 11.4. The van der Waals surface area contributed by atoms with E-state index in [-0.39, 0.29) is 15.0 Å². The molecule has 0 spiro atoms. The highest BCUT2D eigenvalue weighted by molar-refractivity contribution is 9.10. The Morgan fingerprint density at radius 2 is 2.00 bits per heavy atom. The minimum atomic E-state index is -4.53. The van der Waals surface area contributed by atoms with Crippen LogP contribution >= 0.6 is 28.1 Å². The van der Waals surface area contributed by atoms with Gasteiger partial charge in [-0.15, -0.1) is 0 Å². The van der Waals surface area contributed by atoms with E-state index in [1.807, 2.05) is 0 Å². The van der Waals surface area contributed by atoms with E-state index in [1.165, 1.54) is 6.07 Å². The van der Waals surface area contributed by atoms with Gasteiger partial charge < -0.3 is 10.5 Å². The van der Waals surface area contributed by atoms with Crippen molar-refractivity contribution in [1.82, 2.24) is 0 Å². The van der Waals surface area contributed by atoms with Crippen molar-refractivity contribution in [2.45, 2.75) is 6.18 Å². The van der Waals surface area contributed by atoms with Crippen LogP contribution in [0.15, 0.2) is 16.6 Å². The molecule has 1 rings (SSSR count). The Morgan fingerprint density at radius 1 is 1.41 bits per heavy atom. The monoisotopic (exact) mass is 331 g/mol. The molecule has 2 nitrogen and oxygen atoms in total. The summed E-state index contributed by atoms with van der Waals surface area (Å²) in [6.07, 6.45) is -4.53. The van der Waals surface area contributed by atoms with Gasteiger partial charge in [0.1, 0.15) is 4.99 Å². The molecule has 0 radical (unpaired) electrons. The van der Waals surface area contributed by atoms with Crippen LogP contribution in [0.4, 0.5) is 17.6 Å². The second-order valence-electron chi connectivity index (χ2n) is 3.01. The van der Waals surface area contributed by atoms with Gasteiger partial charge in [0, 0.05) is 5.56 Å². The average Bonchev–Trinajstić information content (AvgIpc) is 2.18. The van der Waals surface area contributed by atoms with Crippen LogP contribution in [0.1, 0.15) is 5.56 Å². The summed E-state index contributed by atoms with van der Waals surface area (Å²) in [5.41, 5.74) is 5.48. The van der Waals surface area contributed by atoms with Crippen LogP contribution in [0.3, 0.4) is 0 Å². The number of hydrogen-bond acceptors (Lipinski definition) is 2. The molecule has 94 valence electrons. The van der Waals surface area contributed by atoms with Crippen molar-refractivity contribution in [3.8, 4) is 5.75 Å². The van der Waals surface area contributed by atoms with Crippen molar-refractivity contribution in [2.75, 3.05) is 6.61 Å². The van der Waals surface area contributed by atoms with Crippen molar-refractivity contribution < 1.29 is 22.3 Å². The number of rotatable bonds is 3. The van der Waals surface area contributed by atoms with E-state index in [2.05, 4.69) is 32.9 Å². The molecule has 2 N–H and O–H groups in total. The van der Waals surface area contributed by atoms with Crippen molar-refractivity contribution in [1.29, 1.82) is 0 Å². The third-order valence-electron chi connectivity index (χ3n) is 1.70. The largest absolute Gasteiger partial charge is 0.481 e. The topological polar surface area (TPSA) is 35.2 Å². The zero-order valence-corrected chi connectivity index (χ0v) is 10.5. The number of alkyl halides is 3. The first kappa shape index (κ1) is 14.2. The van der Waals surface area contributed by atoms with E-state index < -0.39 is 24.3 Å². The van der Waals surface area contributed by atoms with Crippen LogP contribution < -0.4 is 10.5 Å². The molecule has 0 amide bonds. The van der Waals surface area contributed by atoms with Gasteiger partial charge >= 0.3 is 6.18 Å². The highest BCUT2D eigenvalue weighted by atomic mass is 79.9. The molecule has 0 heterocycles. The van der Waals surface area contributed by atoms with Gasteiger partial charge in [-0.05, 0) is 28.1 Å². The van der Waals surface area contributed by atoms with E-state index in [4.69, 9.17) is 5.73 Å². The summed E-state index contributed by atoms with van der Waals surface area (Å²) in [5, 5.41) is 0. The molecule has 0 saturated carbocycles. The molecular weight excluding hydrogens is 326 g/mol. The highest BCUT2D eigenvalue weighted by Gasteiger charge is 2.29. The quantitative estimate of drug-likeness (QED) is 0.682. The molecule has 0 bridgehead atoms. The SMILES string of the molecule is NC(=S)c1ccc(OCC(F)(F)F)c(F)c1Br. The van der Waals surface area contributed by atoms with E-state index in [0.717, 1.165) is 6.07 Å². The lowest BCUT2D eigenvalue weighted by molar-refractivity contribution is -0.153. The van der Waals surface area contributed by atoms with Gasteiger partial charge in [-0.2, -0.15) is 13.2 Å². The van der Waals surface area contributed by atoms with Crippen LogP contribution in [-0.4, -0.2) is 17.8 Å². The zero-order chi connectivity index (χ0) is 13.2. The predicted molar refractivity (Wildman–Crippen MR) is 61.5 cm³/mol. The molecule has 0 aliphatic rings. The summed E-state index contributed by atoms with van der Waals surface area (Å²) >= 11 is 7.48. The Bertz CT molecular complexity index is 449. The van der Waals surface area contributed by atoms with Gasteiger partial charge in [0.05, 0.1) is 4.47 Å². The molecule has 0 aliphatic carbocycles. The molecule has 1 aromatic carbocycles. The fraction of sp³-hybridized carbons (Fsp3) is 0.222. The minimum Gasteiger partial charge on any atom is -0.481 e. The molecule has 0 saturated heterocycles. The molecule has 1 aromatic rings. The number of halogens is 5. The Kier molecular flexibility index (Phi) is 4.31. The van der Waals surface area contributed by atoms with Crippen molar-refractivity contribution >= 4 is 33.1 Å². The standard InChI is InChI=1S/C9H6BrF4NOS/c10-6-4(8(15)17)1-2-5(7(6)11)16-3-9(12,13)14/h1-2H,3H2,(H2,15,17). The molecule has 8 heteroatoms. The number of thiocarbonyl (C=S) groups is 1. The lowest BCUT2D eigenvalue weighted by Gasteiger charge is -2.12. The molecular formula is C9H6BrF4NOS. The van der Waals surface area contributed by atoms with E-state index in [9.17, 15) is 17.6 Å². The van der Waals surface area contributed by atoms with E-state index in [1.54, 1.807) is 0 Å². The first-order chi connectivity index (χ1) is 7.72. The minimum absolute atomic E-state index is 0.0712. The number of benzene rings is 1. The summed E-state index contributed by atoms with van der Waals surface area (Å²) in [6, 6.07) is 2.32. The van der Waals surface area contributed by atoms with Crippen LogP contribution in [-0.2, 0) is 0 Å². The summed E-state index contributed by atoms with van der Waals surface area (Å²) < 4.78 is 53.4. The number of ether oxygens (including phenoxy) is 1. The fourth-order valence-corrected chi connectivity index (χ4v) is 1.84. The second-order valence-corrected chi connectivity index (χ2v) is 4.24. The Labute approximate surface area is 108 Å². The van der Waals surface area contributed by atoms with Crippen molar-refractivity contribution in [2.24, 2.45) is 5.73 Å². The summed E-state index contributed by atoms with van der Waals surface area (Å²) in [6.45, 7) is -1.57. The van der Waals surface area contributed by atoms with Gasteiger partial charge in [0.2, 0.25) is 0 Å². The third kappa shape index (κ3) is 3.81. The van der Waals surface area contributed by atoms with Gasteiger partial charge in [-0.25, -0.2) is 4.39 Å². The van der Waals surface area contributed by atoms with Crippen LogP contribution in [0.5, 0.6) is 5.75 Å². The molecule has 0 unspecified atom stereocenters. The highest BCUT2D eigenvalue weighted by Crippen LogP contribution is 2.29. The smallest absolute Gasteiger partial charge is 0.422 e. The summed E-state index contributed by atoms with van der Waals surface area (Å²) in [5.74, 6) is -1.49. The van der Waals surface area contributed by atoms with Crippen LogP contribution in [0, 0.1) is 5.82 Å². The molecule has 0 fully saturated rings. The maximum atomic E-state index is 13.5. The van der Waals surface area contributed by atoms with Gasteiger partial charge in [0.15, 0.2) is 18.2 Å². The van der Waals surface area contributed by atoms with E-state index >= 15 is 0 Å². The average molecular weight is 332 g/mol. The summed E-state index contributed by atoms with van der Waals surface area (Å²) in [7, 11) is 0. The first-order valence-electron chi connectivity index (χ1n) is 4.19. The van der Waals surface area contributed by atoms with Gasteiger partial charge in [-0.1, -0.05) is 12.2 Å². The molecule has 0 atom stereocenters. The third-order valence-corrected chi connectivity index (χ3v) is 2.70. The second kappa shape index (κ2) is 5.18. The number of hydrogen-bond donors (Lipinski definition) is 1. The van der Waals surface area contributed by atoms with Gasteiger partial charge in [-0.3, -0.25) is 0 Å². The Hall–Kier alpha value is -0.890. The Balaban J connectivity index is 2.97. The van der Waals surface area contributed by atoms with E-state index in [0.29, 0.717) is 0 Å². The summed E-state index contributed by atoms with van der Waals surface area (Å²) in [4.78, 5) is -0.0712. The van der Waals surface area contributed by atoms with Crippen LogP contribution in [0.2, 0.25) is 0 Å². The van der Waals surface area contributed by atoms with Crippen molar-refractivity contribution in [3.63, 3.8) is 0 Å². The zero-order valence-electron chi connectivity index (χ0n) is 8.15. The predicted octanol–water partition coefficient (Wildman–Crippen LogP) is 3.16. The molecule has 0 aliphatic heterocycles. The molecule has 0 aromatic heterocycles. The lowest BCUT2D eigenvalue weighted by Crippen LogP contribution is -2.20. The number of nitrogens with two attached hydrogens (primary N) is 1. The van der Waals surface area contributed by atoms with Crippen LogP contribution in [0.25, 0.3) is 0 Å².